The van der Waals surface area contributed by atoms with Crippen LogP contribution < -0.4 is 0 Å². The van der Waals surface area contributed by atoms with Gasteiger partial charge in [-0.1, -0.05) is 127 Å². The van der Waals surface area contributed by atoms with Gasteiger partial charge in [-0.15, -0.1) is 0 Å². The summed E-state index contributed by atoms with van der Waals surface area (Å²) in [6, 6.07) is 53.8. The molecule has 0 aliphatic carbocycles. The van der Waals surface area contributed by atoms with E-state index in [1.54, 1.807) is 6.20 Å². The Morgan fingerprint density at radius 1 is 0.440 bits per heavy atom. The molecule has 0 bridgehead atoms. The Morgan fingerprint density at radius 2 is 1.08 bits per heavy atom. The van der Waals surface area contributed by atoms with Crippen LogP contribution >= 0.6 is 0 Å². The van der Waals surface area contributed by atoms with Crippen LogP contribution in [0, 0.1) is 0 Å². The average molecular weight is 642 g/mol. The quantitative estimate of drug-likeness (QED) is 0.187. The second kappa shape index (κ2) is 11.4. The minimum atomic E-state index is 0.502. The molecule has 0 saturated carbocycles. The molecule has 0 aliphatic rings. The van der Waals surface area contributed by atoms with E-state index in [0.717, 1.165) is 71.7 Å². The second-order valence-corrected chi connectivity index (χ2v) is 12.3. The van der Waals surface area contributed by atoms with Gasteiger partial charge in [0.2, 0.25) is 0 Å². The molecular weight excluding hydrogens is 615 g/mol. The van der Waals surface area contributed by atoms with E-state index in [4.69, 9.17) is 24.4 Å². The third kappa shape index (κ3) is 4.50. The van der Waals surface area contributed by atoms with E-state index in [-0.39, 0.29) is 0 Å². The predicted octanol–water partition coefficient (Wildman–Crippen LogP) is 10.9. The Labute approximate surface area is 287 Å². The lowest BCUT2D eigenvalue weighted by Gasteiger charge is -2.14. The van der Waals surface area contributed by atoms with Crippen LogP contribution in [-0.4, -0.2) is 24.5 Å². The predicted molar refractivity (Wildman–Crippen MR) is 201 cm³/mol. The monoisotopic (exact) mass is 641 g/mol. The zero-order valence-corrected chi connectivity index (χ0v) is 26.7. The van der Waals surface area contributed by atoms with E-state index in [1.807, 2.05) is 78.9 Å². The summed E-state index contributed by atoms with van der Waals surface area (Å²) in [5.74, 6) is 1.69. The Kier molecular flexibility index (Phi) is 6.39. The highest BCUT2D eigenvalue weighted by Crippen LogP contribution is 2.40. The van der Waals surface area contributed by atoms with E-state index in [1.165, 1.54) is 0 Å². The fourth-order valence-corrected chi connectivity index (χ4v) is 7.04. The fraction of sp³-hybridized carbons (Fsp3) is 0. The molecule has 50 heavy (non-hydrogen) atoms. The topological polar surface area (TPSA) is 69.6 Å². The summed E-state index contributed by atoms with van der Waals surface area (Å²) < 4.78 is 8.74. The average Bonchev–Trinajstić information content (AvgIpc) is 3.74. The number of fused-ring (bicyclic) bond motifs is 6. The summed E-state index contributed by atoms with van der Waals surface area (Å²) in [5.41, 5.74) is 9.34. The van der Waals surface area contributed by atoms with Gasteiger partial charge in [0.15, 0.2) is 17.5 Å². The van der Waals surface area contributed by atoms with Crippen LogP contribution in [0.25, 0.3) is 94.9 Å². The first-order valence-corrected chi connectivity index (χ1v) is 16.6. The van der Waals surface area contributed by atoms with Crippen molar-refractivity contribution in [2.24, 2.45) is 0 Å². The molecule has 10 rings (SSSR count). The molecule has 0 spiro atoms. The molecule has 0 fully saturated rings. The van der Waals surface area contributed by atoms with Gasteiger partial charge in [-0.25, -0.2) is 15.0 Å². The zero-order chi connectivity index (χ0) is 33.0. The smallest absolute Gasteiger partial charge is 0.184 e. The number of para-hydroxylation sites is 3. The van der Waals surface area contributed by atoms with Crippen molar-refractivity contribution in [3.8, 4) is 51.1 Å². The van der Waals surface area contributed by atoms with Gasteiger partial charge in [0.05, 0.1) is 16.7 Å². The summed E-state index contributed by atoms with van der Waals surface area (Å²) in [6.45, 7) is 0. The van der Waals surface area contributed by atoms with Gasteiger partial charge in [-0.3, -0.25) is 4.98 Å². The van der Waals surface area contributed by atoms with Crippen molar-refractivity contribution in [1.82, 2.24) is 24.5 Å². The molecule has 6 aromatic carbocycles. The number of pyridine rings is 1. The lowest BCUT2D eigenvalue weighted by atomic mass is 10.0. The number of hydrogen-bond donors (Lipinski definition) is 0. The van der Waals surface area contributed by atoms with Crippen LogP contribution in [0.1, 0.15) is 0 Å². The molecule has 4 aromatic heterocycles. The van der Waals surface area contributed by atoms with Crippen LogP contribution in [0.15, 0.2) is 168 Å². The molecule has 0 aliphatic heterocycles. The molecule has 0 unspecified atom stereocenters. The van der Waals surface area contributed by atoms with Crippen molar-refractivity contribution in [2.45, 2.75) is 0 Å². The zero-order valence-electron chi connectivity index (χ0n) is 26.7. The molecule has 6 nitrogen and oxygen atoms in total. The molecule has 0 saturated heterocycles. The number of nitrogens with zero attached hydrogens (tertiary/aromatic N) is 5. The summed E-state index contributed by atoms with van der Waals surface area (Å²) >= 11 is 0. The maximum atomic E-state index is 6.46. The highest BCUT2D eigenvalue weighted by Gasteiger charge is 2.21. The first-order valence-electron chi connectivity index (χ1n) is 16.6. The highest BCUT2D eigenvalue weighted by atomic mass is 16.3. The standard InChI is InChI=1S/C44H27N5O/c1-3-13-28(14-4-1)42-46-43(29-15-5-2-6-16-29)48-44(47-42)40-37(22-12-26-45-40)49-36-21-9-7-17-32(36)33-25-24-30(27-38(33)49)31-19-11-20-35-34-18-8-10-23-39(34)50-41(31)35/h1-27H. The molecule has 0 N–H and O–H groups in total. The Balaban J connectivity index is 1.22. The molecule has 0 amide bonds. The molecule has 0 radical (unpaired) electrons. The van der Waals surface area contributed by atoms with Crippen molar-refractivity contribution in [2.75, 3.05) is 0 Å². The number of furan rings is 1. The maximum absolute atomic E-state index is 6.46. The molecule has 4 heterocycles. The van der Waals surface area contributed by atoms with Gasteiger partial charge >= 0.3 is 0 Å². The Bertz CT molecular complexity index is 2820. The van der Waals surface area contributed by atoms with Crippen LogP contribution in [0.5, 0.6) is 0 Å². The first kappa shape index (κ1) is 28.1. The summed E-state index contributed by atoms with van der Waals surface area (Å²) in [5, 5.41) is 4.51. The SMILES string of the molecule is c1ccc(-c2nc(-c3ccccc3)nc(-c3ncccc3-n3c4ccccc4c4ccc(-c5cccc6c5oc5ccccc56)cc43)n2)cc1. The van der Waals surface area contributed by atoms with Crippen molar-refractivity contribution < 1.29 is 4.42 Å². The lowest BCUT2D eigenvalue weighted by molar-refractivity contribution is 0.670. The van der Waals surface area contributed by atoms with Gasteiger partial charge in [-0.05, 0) is 35.9 Å². The molecule has 10 aromatic rings. The number of rotatable bonds is 5. The second-order valence-electron chi connectivity index (χ2n) is 12.3. The van der Waals surface area contributed by atoms with Gasteiger partial charge in [0.1, 0.15) is 16.9 Å². The van der Waals surface area contributed by atoms with Crippen molar-refractivity contribution in [3.05, 3.63) is 164 Å². The van der Waals surface area contributed by atoms with Crippen molar-refractivity contribution in [1.29, 1.82) is 0 Å². The summed E-state index contributed by atoms with van der Waals surface area (Å²) in [7, 11) is 0. The van der Waals surface area contributed by atoms with E-state index in [9.17, 15) is 0 Å². The summed E-state index contributed by atoms with van der Waals surface area (Å²) in [6.07, 6.45) is 1.80. The fourth-order valence-electron chi connectivity index (χ4n) is 7.04. The largest absolute Gasteiger partial charge is 0.455 e. The van der Waals surface area contributed by atoms with Gasteiger partial charge in [0, 0.05) is 44.4 Å². The minimum Gasteiger partial charge on any atom is -0.455 e. The van der Waals surface area contributed by atoms with Gasteiger partial charge in [0.25, 0.3) is 0 Å². The van der Waals surface area contributed by atoms with E-state index < -0.39 is 0 Å². The number of benzene rings is 6. The van der Waals surface area contributed by atoms with Gasteiger partial charge in [-0.2, -0.15) is 0 Å². The van der Waals surface area contributed by atoms with Crippen molar-refractivity contribution in [3.63, 3.8) is 0 Å². The molecule has 0 atom stereocenters. The van der Waals surface area contributed by atoms with E-state index >= 15 is 0 Å². The first-order chi connectivity index (χ1) is 24.8. The van der Waals surface area contributed by atoms with Crippen LogP contribution in [0.4, 0.5) is 0 Å². The van der Waals surface area contributed by atoms with E-state index in [2.05, 4.69) is 83.4 Å². The van der Waals surface area contributed by atoms with Crippen LogP contribution in [-0.2, 0) is 0 Å². The number of hydrogen-bond acceptors (Lipinski definition) is 5. The van der Waals surface area contributed by atoms with Crippen molar-refractivity contribution >= 4 is 43.7 Å². The van der Waals surface area contributed by atoms with Crippen LogP contribution in [0.3, 0.4) is 0 Å². The molecule has 6 heteroatoms. The minimum absolute atomic E-state index is 0.502. The molecule has 234 valence electrons. The Hall–Kier alpha value is -6.92. The third-order valence-corrected chi connectivity index (χ3v) is 9.33. The third-order valence-electron chi connectivity index (χ3n) is 9.33. The molecular formula is C44H27N5O. The highest BCUT2D eigenvalue weighted by molar-refractivity contribution is 6.13. The summed E-state index contributed by atoms with van der Waals surface area (Å²) in [4.78, 5) is 19.9. The van der Waals surface area contributed by atoms with Gasteiger partial charge < -0.3 is 8.98 Å². The lowest BCUT2D eigenvalue weighted by Crippen LogP contribution is -2.05. The Morgan fingerprint density at radius 3 is 1.86 bits per heavy atom. The van der Waals surface area contributed by atoms with Crippen LogP contribution in [0.2, 0.25) is 0 Å². The van der Waals surface area contributed by atoms with E-state index in [0.29, 0.717) is 23.2 Å². The number of aromatic nitrogens is 5. The maximum Gasteiger partial charge on any atom is 0.184 e. The normalized spacial score (nSPS) is 11.6.